The molecule has 1 heteroatoms. The maximum Gasteiger partial charge on any atom is 0.0419 e. The van der Waals surface area contributed by atoms with E-state index < -0.39 is 0 Å². The Balaban J connectivity index is 1.71. The molecule has 2 aliphatic carbocycles. The lowest BCUT2D eigenvalue weighted by atomic mass is 9.89. The van der Waals surface area contributed by atoms with Gasteiger partial charge in [-0.05, 0) is 85.8 Å². The van der Waals surface area contributed by atoms with E-state index in [1.54, 1.807) is 22.3 Å². The number of benzene rings is 2. The van der Waals surface area contributed by atoms with Gasteiger partial charge in [-0.1, -0.05) is 24.3 Å². The van der Waals surface area contributed by atoms with E-state index in [1.165, 1.54) is 62.7 Å². The molecular weight excluding hydrogens is 254 g/mol. The summed E-state index contributed by atoms with van der Waals surface area (Å²) in [5.41, 5.74) is 8.89. The molecule has 0 aromatic heterocycles. The van der Waals surface area contributed by atoms with Crippen LogP contribution < -0.4 is 5.32 Å². The Morgan fingerprint density at radius 1 is 0.571 bits per heavy atom. The molecule has 2 aromatic rings. The van der Waals surface area contributed by atoms with Crippen molar-refractivity contribution in [2.24, 2.45) is 0 Å². The van der Waals surface area contributed by atoms with Gasteiger partial charge in [-0.25, -0.2) is 0 Å². The quantitative estimate of drug-likeness (QED) is 0.796. The molecule has 0 bridgehead atoms. The number of rotatable bonds is 2. The van der Waals surface area contributed by atoms with Crippen LogP contribution in [0.25, 0.3) is 0 Å². The predicted molar refractivity (Wildman–Crippen MR) is 89.5 cm³/mol. The van der Waals surface area contributed by atoms with Crippen LogP contribution in [-0.2, 0) is 25.7 Å². The van der Waals surface area contributed by atoms with Crippen LogP contribution in [0.15, 0.2) is 36.4 Å². The molecule has 0 saturated carbocycles. The highest BCUT2D eigenvalue weighted by atomic mass is 14.9. The standard InChI is InChI=1S/C20H23N/c1-3-11-17-15(7-1)9-5-13-19(17)21-20-14-6-10-16-8-2-4-12-18(16)20/h5-6,9-10,13-14,21H,1-4,7-8,11-12H2. The van der Waals surface area contributed by atoms with Crippen molar-refractivity contribution in [2.75, 3.05) is 5.32 Å². The fraction of sp³-hybridized carbons (Fsp3) is 0.400. The van der Waals surface area contributed by atoms with E-state index >= 15 is 0 Å². The molecule has 4 rings (SSSR count). The highest BCUT2D eigenvalue weighted by Gasteiger charge is 2.16. The highest BCUT2D eigenvalue weighted by molar-refractivity contribution is 5.69. The third-order valence-corrected chi connectivity index (χ3v) is 5.06. The normalized spacial score (nSPS) is 17.0. The molecule has 0 fully saturated rings. The predicted octanol–water partition coefficient (Wildman–Crippen LogP) is 5.19. The molecule has 0 aliphatic heterocycles. The molecule has 0 heterocycles. The molecule has 0 saturated heterocycles. The highest BCUT2D eigenvalue weighted by Crippen LogP contribution is 2.33. The van der Waals surface area contributed by atoms with Crippen molar-refractivity contribution in [3.8, 4) is 0 Å². The van der Waals surface area contributed by atoms with Crippen LogP contribution in [0.2, 0.25) is 0 Å². The lowest BCUT2D eigenvalue weighted by molar-refractivity contribution is 0.684. The summed E-state index contributed by atoms with van der Waals surface area (Å²) in [5.74, 6) is 0. The molecule has 2 aliphatic rings. The third kappa shape index (κ3) is 2.46. The largest absolute Gasteiger partial charge is 0.355 e. The van der Waals surface area contributed by atoms with Crippen LogP contribution in [0.3, 0.4) is 0 Å². The van der Waals surface area contributed by atoms with Crippen LogP contribution >= 0.6 is 0 Å². The van der Waals surface area contributed by atoms with Crippen molar-refractivity contribution in [1.29, 1.82) is 0 Å². The zero-order valence-electron chi connectivity index (χ0n) is 12.6. The van der Waals surface area contributed by atoms with Gasteiger partial charge in [-0.3, -0.25) is 0 Å². The number of aryl methyl sites for hydroxylation is 2. The van der Waals surface area contributed by atoms with E-state index in [-0.39, 0.29) is 0 Å². The van der Waals surface area contributed by atoms with Crippen LogP contribution in [0.4, 0.5) is 11.4 Å². The lowest BCUT2D eigenvalue weighted by Crippen LogP contribution is -2.09. The fourth-order valence-electron chi connectivity index (χ4n) is 3.94. The summed E-state index contributed by atoms with van der Waals surface area (Å²) in [7, 11) is 0. The third-order valence-electron chi connectivity index (χ3n) is 5.06. The molecule has 1 N–H and O–H groups in total. The lowest BCUT2D eigenvalue weighted by Gasteiger charge is -2.23. The van der Waals surface area contributed by atoms with Gasteiger partial charge in [0, 0.05) is 11.4 Å². The van der Waals surface area contributed by atoms with Crippen LogP contribution in [0.1, 0.15) is 47.9 Å². The van der Waals surface area contributed by atoms with Crippen LogP contribution in [0.5, 0.6) is 0 Å². The van der Waals surface area contributed by atoms with Gasteiger partial charge < -0.3 is 5.32 Å². The molecule has 0 radical (unpaired) electrons. The Kier molecular flexibility index (Phi) is 3.42. The molecular formula is C20H23N. The number of anilines is 2. The summed E-state index contributed by atoms with van der Waals surface area (Å²) in [6.45, 7) is 0. The summed E-state index contributed by atoms with van der Waals surface area (Å²) in [6, 6.07) is 13.5. The number of fused-ring (bicyclic) bond motifs is 2. The van der Waals surface area contributed by atoms with E-state index in [0.29, 0.717) is 0 Å². The van der Waals surface area contributed by atoms with Crippen molar-refractivity contribution < 1.29 is 0 Å². The van der Waals surface area contributed by atoms with Gasteiger partial charge in [0.1, 0.15) is 0 Å². The first-order valence-electron chi connectivity index (χ1n) is 8.40. The van der Waals surface area contributed by atoms with Gasteiger partial charge in [0.2, 0.25) is 0 Å². The monoisotopic (exact) mass is 277 g/mol. The van der Waals surface area contributed by atoms with E-state index in [0.717, 1.165) is 0 Å². The van der Waals surface area contributed by atoms with Gasteiger partial charge in [0.15, 0.2) is 0 Å². The summed E-state index contributed by atoms with van der Waals surface area (Å²) < 4.78 is 0. The second kappa shape index (κ2) is 5.55. The molecule has 0 amide bonds. The first-order valence-corrected chi connectivity index (χ1v) is 8.40. The Bertz CT molecular complexity index is 599. The van der Waals surface area contributed by atoms with Crippen molar-refractivity contribution in [3.63, 3.8) is 0 Å². The van der Waals surface area contributed by atoms with E-state index in [1.807, 2.05) is 0 Å². The zero-order chi connectivity index (χ0) is 14.1. The molecule has 0 unspecified atom stereocenters. The topological polar surface area (TPSA) is 12.0 Å². The summed E-state index contributed by atoms with van der Waals surface area (Å²) in [4.78, 5) is 0. The van der Waals surface area contributed by atoms with Gasteiger partial charge in [-0.2, -0.15) is 0 Å². The molecule has 0 spiro atoms. The molecule has 21 heavy (non-hydrogen) atoms. The summed E-state index contributed by atoms with van der Waals surface area (Å²) >= 11 is 0. The minimum Gasteiger partial charge on any atom is -0.355 e. The summed E-state index contributed by atoms with van der Waals surface area (Å²) in [6.07, 6.45) is 10.3. The Morgan fingerprint density at radius 3 is 1.57 bits per heavy atom. The molecule has 0 atom stereocenters. The second-order valence-corrected chi connectivity index (χ2v) is 6.43. The van der Waals surface area contributed by atoms with E-state index in [4.69, 9.17) is 0 Å². The number of hydrogen-bond donors (Lipinski definition) is 1. The second-order valence-electron chi connectivity index (χ2n) is 6.43. The maximum atomic E-state index is 3.76. The summed E-state index contributed by atoms with van der Waals surface area (Å²) in [5, 5.41) is 3.76. The SMILES string of the molecule is c1cc2c(c(Nc3cccc4c3CCCC4)c1)CCCC2. The van der Waals surface area contributed by atoms with Gasteiger partial charge in [-0.15, -0.1) is 0 Å². The molecule has 2 aromatic carbocycles. The van der Waals surface area contributed by atoms with Gasteiger partial charge in [0.25, 0.3) is 0 Å². The number of hydrogen-bond acceptors (Lipinski definition) is 1. The zero-order valence-corrected chi connectivity index (χ0v) is 12.6. The minimum absolute atomic E-state index is 1.23. The van der Waals surface area contributed by atoms with Gasteiger partial charge in [0.05, 0.1) is 0 Å². The first-order chi connectivity index (χ1) is 10.4. The van der Waals surface area contributed by atoms with Crippen LogP contribution in [-0.4, -0.2) is 0 Å². The number of nitrogens with one attached hydrogen (secondary N) is 1. The van der Waals surface area contributed by atoms with Crippen LogP contribution in [0, 0.1) is 0 Å². The average molecular weight is 277 g/mol. The van der Waals surface area contributed by atoms with Crippen molar-refractivity contribution >= 4 is 11.4 Å². The molecule has 108 valence electrons. The maximum absolute atomic E-state index is 3.76. The van der Waals surface area contributed by atoms with Crippen molar-refractivity contribution in [1.82, 2.24) is 0 Å². The average Bonchev–Trinajstić information content (AvgIpc) is 2.56. The van der Waals surface area contributed by atoms with Gasteiger partial charge >= 0.3 is 0 Å². The van der Waals surface area contributed by atoms with E-state index in [9.17, 15) is 0 Å². The minimum atomic E-state index is 1.23. The van der Waals surface area contributed by atoms with E-state index in [2.05, 4.69) is 41.7 Å². The Labute approximate surface area is 127 Å². The van der Waals surface area contributed by atoms with Crippen molar-refractivity contribution in [3.05, 3.63) is 58.7 Å². The smallest absolute Gasteiger partial charge is 0.0419 e. The Morgan fingerprint density at radius 2 is 1.05 bits per heavy atom. The Hall–Kier alpha value is -1.76. The molecule has 1 nitrogen and oxygen atoms in total. The first kappa shape index (κ1) is 12.9. The fourth-order valence-corrected chi connectivity index (χ4v) is 3.94. The van der Waals surface area contributed by atoms with Crippen molar-refractivity contribution in [2.45, 2.75) is 51.4 Å².